The summed E-state index contributed by atoms with van der Waals surface area (Å²) in [6.45, 7) is 16.4. The summed E-state index contributed by atoms with van der Waals surface area (Å²) in [6, 6.07) is 21.0. The number of hydrogen-bond acceptors (Lipinski definition) is 0. The first-order chi connectivity index (χ1) is 11.4. The molecule has 0 spiro atoms. The molecule has 2 aromatic rings. The molecule has 0 amide bonds. The van der Waals surface area contributed by atoms with Gasteiger partial charge in [0.25, 0.3) is 0 Å². The molecular formula is C28H60. The first-order valence-electron chi connectivity index (χ1n) is 9.44. The maximum absolute atomic E-state index is 2.20. The van der Waals surface area contributed by atoms with Gasteiger partial charge < -0.3 is 0 Å². The summed E-state index contributed by atoms with van der Waals surface area (Å²) in [5, 5.41) is 0. The molecule has 0 heteroatoms. The minimum atomic E-state index is 0. The lowest BCUT2D eigenvalue weighted by molar-refractivity contribution is 0.922. The molecule has 0 aliphatic rings. The van der Waals surface area contributed by atoms with Crippen LogP contribution in [0.2, 0.25) is 0 Å². The Balaban J connectivity index is -0.0000000330. The van der Waals surface area contributed by atoms with E-state index in [1.165, 1.54) is 24.0 Å². The van der Waals surface area contributed by atoms with Crippen LogP contribution in [0, 0.1) is 0 Å². The fraction of sp³-hybridized carbons (Fsp3) is 0.571. The molecule has 0 aliphatic heterocycles. The molecule has 0 aromatic heterocycles. The van der Waals surface area contributed by atoms with Crippen LogP contribution in [-0.4, -0.2) is 0 Å². The summed E-state index contributed by atoms with van der Waals surface area (Å²) in [6.07, 6.45) is 3.59. The molecule has 0 saturated carbocycles. The van der Waals surface area contributed by atoms with Crippen molar-refractivity contribution in [3.8, 4) is 0 Å². The van der Waals surface area contributed by atoms with E-state index in [4.69, 9.17) is 0 Å². The van der Waals surface area contributed by atoms with Crippen LogP contribution < -0.4 is 0 Å². The summed E-state index contributed by atoms with van der Waals surface area (Å²) in [4.78, 5) is 0. The molecule has 0 nitrogen and oxygen atoms in total. The molecule has 0 unspecified atom stereocenters. The minimum absolute atomic E-state index is 0. The molecule has 0 bridgehead atoms. The van der Waals surface area contributed by atoms with Gasteiger partial charge in [-0.25, -0.2) is 0 Å². The summed E-state index contributed by atoms with van der Waals surface area (Å²) in [7, 11) is 0. The van der Waals surface area contributed by atoms with Gasteiger partial charge in [-0.15, -0.1) is 0 Å². The lowest BCUT2D eigenvalue weighted by atomic mass is 10.1. The molecule has 0 N–H and O–H groups in total. The largest absolute Gasteiger partial charge is 0.0776 e. The molecule has 28 heavy (non-hydrogen) atoms. The van der Waals surface area contributed by atoms with Gasteiger partial charge in [0.15, 0.2) is 0 Å². The van der Waals surface area contributed by atoms with Gasteiger partial charge in [-0.05, 0) is 24.0 Å². The van der Waals surface area contributed by atoms with Crippen LogP contribution in [0.4, 0.5) is 0 Å². The van der Waals surface area contributed by atoms with Crippen molar-refractivity contribution in [3.63, 3.8) is 0 Å². The Kier molecular flexibility index (Phi) is 89.8. The second-order valence-corrected chi connectivity index (χ2v) is 4.07. The van der Waals surface area contributed by atoms with Crippen LogP contribution in [0.5, 0.6) is 0 Å². The van der Waals surface area contributed by atoms with Crippen LogP contribution >= 0.6 is 0 Å². The zero-order valence-electron chi connectivity index (χ0n) is 16.9. The number of hydrogen-bond donors (Lipinski definition) is 0. The molecule has 0 heterocycles. The normalized spacial score (nSPS) is 6.29. The van der Waals surface area contributed by atoms with E-state index in [0.29, 0.717) is 0 Å². The van der Waals surface area contributed by atoms with Gasteiger partial charge in [0.05, 0.1) is 0 Å². The monoisotopic (exact) mass is 396 g/mol. The van der Waals surface area contributed by atoms with E-state index in [1.54, 1.807) is 0 Å². The fourth-order valence-electron chi connectivity index (χ4n) is 1.65. The van der Waals surface area contributed by atoms with E-state index in [9.17, 15) is 0 Å². The standard InChI is InChI=1S/C9H12.C8H10.3C2H6.5CH4/c1-2-6-9-7-4-3-5-8-9;1-2-8-6-4-3-5-7-8;3*1-2;;;;;/h3-5,7-8H,2,6H2,1H3;3-7H,2H2,1H3;3*1-2H3;5*1H4. The predicted molar refractivity (Wildman–Crippen MR) is 144 cm³/mol. The summed E-state index contributed by atoms with van der Waals surface area (Å²) in [5.74, 6) is 0. The quantitative estimate of drug-likeness (QED) is 0.483. The first kappa shape index (κ1) is 50.3. The van der Waals surface area contributed by atoms with Gasteiger partial charge in [0.2, 0.25) is 0 Å². The highest BCUT2D eigenvalue weighted by Gasteiger charge is 1.84. The summed E-state index contributed by atoms with van der Waals surface area (Å²) < 4.78 is 0. The third-order valence-corrected chi connectivity index (χ3v) is 2.63. The van der Waals surface area contributed by atoms with Crippen LogP contribution in [0.1, 0.15) is 110 Å². The van der Waals surface area contributed by atoms with E-state index in [-0.39, 0.29) is 37.1 Å². The second-order valence-electron chi connectivity index (χ2n) is 4.07. The summed E-state index contributed by atoms with van der Waals surface area (Å²) >= 11 is 0. The maximum atomic E-state index is 2.20. The SMILES string of the molecule is C.C.C.C.C.CC.CC.CC.CCCc1ccccc1.CCc1ccccc1. The van der Waals surface area contributed by atoms with Crippen molar-refractivity contribution in [2.75, 3.05) is 0 Å². The molecule has 0 radical (unpaired) electrons. The van der Waals surface area contributed by atoms with Crippen LogP contribution in [-0.2, 0) is 12.8 Å². The third kappa shape index (κ3) is 35.5. The number of benzene rings is 2. The van der Waals surface area contributed by atoms with Crippen molar-refractivity contribution in [2.45, 2.75) is 112 Å². The van der Waals surface area contributed by atoms with Crippen molar-refractivity contribution in [1.29, 1.82) is 0 Å². The average Bonchev–Trinajstić information content (AvgIpc) is 2.69. The van der Waals surface area contributed by atoms with Gasteiger partial charge in [-0.2, -0.15) is 0 Å². The molecule has 0 aliphatic carbocycles. The van der Waals surface area contributed by atoms with Gasteiger partial charge in [-0.3, -0.25) is 0 Å². The third-order valence-electron chi connectivity index (χ3n) is 2.63. The van der Waals surface area contributed by atoms with E-state index < -0.39 is 0 Å². The topological polar surface area (TPSA) is 0 Å². The Morgan fingerprint density at radius 1 is 0.464 bits per heavy atom. The Bertz CT molecular complexity index is 375. The first-order valence-corrected chi connectivity index (χ1v) is 9.44. The van der Waals surface area contributed by atoms with E-state index >= 15 is 0 Å². The lowest BCUT2D eigenvalue weighted by Gasteiger charge is -1.93. The van der Waals surface area contributed by atoms with E-state index in [0.717, 1.165) is 6.42 Å². The minimum Gasteiger partial charge on any atom is -0.0776 e. The van der Waals surface area contributed by atoms with Gasteiger partial charge >= 0.3 is 0 Å². The molecule has 172 valence electrons. The molecule has 0 atom stereocenters. The highest BCUT2D eigenvalue weighted by Crippen LogP contribution is 2.00. The van der Waals surface area contributed by atoms with Gasteiger partial charge in [-0.1, -0.05) is 160 Å². The highest BCUT2D eigenvalue weighted by atomic mass is 13.9. The zero-order valence-corrected chi connectivity index (χ0v) is 16.9. The molecule has 0 fully saturated rings. The van der Waals surface area contributed by atoms with Gasteiger partial charge in [0.1, 0.15) is 0 Å². The number of rotatable bonds is 3. The average molecular weight is 397 g/mol. The van der Waals surface area contributed by atoms with Crippen LogP contribution in [0.25, 0.3) is 0 Å². The van der Waals surface area contributed by atoms with E-state index in [1.807, 2.05) is 47.6 Å². The van der Waals surface area contributed by atoms with Crippen molar-refractivity contribution in [1.82, 2.24) is 0 Å². The Morgan fingerprint density at radius 2 is 0.750 bits per heavy atom. The molecule has 2 aromatic carbocycles. The van der Waals surface area contributed by atoms with Crippen molar-refractivity contribution < 1.29 is 0 Å². The van der Waals surface area contributed by atoms with Crippen LogP contribution in [0.15, 0.2) is 60.7 Å². The highest BCUT2D eigenvalue weighted by molar-refractivity contribution is 5.14. The van der Waals surface area contributed by atoms with Gasteiger partial charge in [0, 0.05) is 0 Å². The summed E-state index contributed by atoms with van der Waals surface area (Å²) in [5.41, 5.74) is 2.85. The van der Waals surface area contributed by atoms with Crippen molar-refractivity contribution in [3.05, 3.63) is 71.8 Å². The zero-order chi connectivity index (χ0) is 18.3. The number of aryl methyl sites for hydroxylation is 2. The molecule has 2 rings (SSSR count). The Labute approximate surface area is 183 Å². The van der Waals surface area contributed by atoms with Crippen molar-refractivity contribution >= 4 is 0 Å². The molecular weight excluding hydrogens is 336 g/mol. The smallest absolute Gasteiger partial charge is 0.0281 e. The van der Waals surface area contributed by atoms with Crippen molar-refractivity contribution in [2.24, 2.45) is 0 Å². The van der Waals surface area contributed by atoms with Crippen LogP contribution in [0.3, 0.4) is 0 Å². The lowest BCUT2D eigenvalue weighted by Crippen LogP contribution is -1.78. The Hall–Kier alpha value is -1.56. The second kappa shape index (κ2) is 50.0. The fourth-order valence-corrected chi connectivity index (χ4v) is 1.65. The molecule has 0 saturated heterocycles. The maximum Gasteiger partial charge on any atom is -0.0281 e. The predicted octanol–water partition coefficient (Wildman–Crippen LogP) is 11.1. The van der Waals surface area contributed by atoms with E-state index in [2.05, 4.69) is 68.4 Å². The Morgan fingerprint density at radius 3 is 0.964 bits per heavy atom.